The molecule has 7 rings (SSSR count). The average Bonchev–Trinajstić information content (AvgIpc) is 3.79. The van der Waals surface area contributed by atoms with E-state index in [0.717, 1.165) is 53.1 Å². The molecule has 2 aliphatic carbocycles. The Bertz CT molecular complexity index is 1340. The van der Waals surface area contributed by atoms with Crippen molar-refractivity contribution in [2.45, 2.75) is 44.1 Å². The molecule has 1 atom stereocenters. The first-order chi connectivity index (χ1) is 16.3. The quantitative estimate of drug-likeness (QED) is 0.487. The molecule has 166 valence electrons. The van der Waals surface area contributed by atoms with E-state index in [0.29, 0.717) is 17.5 Å². The number of hydrogen-bond acceptors (Lipinski definition) is 7. The number of benzene rings is 1. The summed E-state index contributed by atoms with van der Waals surface area (Å²) in [4.78, 5) is 18.5. The number of hydrogen-bond donors (Lipinski definition) is 2. The van der Waals surface area contributed by atoms with Crippen molar-refractivity contribution >= 4 is 10.9 Å². The van der Waals surface area contributed by atoms with Gasteiger partial charge in [-0.15, -0.1) is 0 Å². The van der Waals surface area contributed by atoms with E-state index in [-0.39, 0.29) is 11.5 Å². The SMILES string of the molecule is c1cc2[nH]nc(-c3cncc(O[C@@H]4CCNCC45CC5)n3)c2cc1-c1cncc(C2CC2)n1. The first kappa shape index (κ1) is 19.1. The highest BCUT2D eigenvalue weighted by Crippen LogP contribution is 2.51. The molecule has 1 saturated heterocycles. The van der Waals surface area contributed by atoms with Crippen molar-refractivity contribution in [3.63, 3.8) is 0 Å². The number of piperidine rings is 1. The summed E-state index contributed by atoms with van der Waals surface area (Å²) in [5.41, 5.74) is 5.68. The normalized spacial score (nSPS) is 21.4. The lowest BCUT2D eigenvalue weighted by atomic mass is 9.93. The zero-order valence-corrected chi connectivity index (χ0v) is 18.3. The van der Waals surface area contributed by atoms with Gasteiger partial charge in [0, 0.05) is 35.0 Å². The topological polar surface area (TPSA) is 102 Å². The summed E-state index contributed by atoms with van der Waals surface area (Å²) in [5.74, 6) is 1.14. The van der Waals surface area contributed by atoms with Crippen LogP contribution in [0.2, 0.25) is 0 Å². The van der Waals surface area contributed by atoms with E-state index in [9.17, 15) is 0 Å². The smallest absolute Gasteiger partial charge is 0.233 e. The lowest BCUT2D eigenvalue weighted by molar-refractivity contribution is 0.0823. The van der Waals surface area contributed by atoms with Gasteiger partial charge in [0.1, 0.15) is 17.5 Å². The molecule has 1 aliphatic heterocycles. The van der Waals surface area contributed by atoms with Crippen LogP contribution in [-0.2, 0) is 0 Å². The molecule has 3 aliphatic rings. The van der Waals surface area contributed by atoms with Crippen molar-refractivity contribution < 1.29 is 4.74 Å². The lowest BCUT2D eigenvalue weighted by Crippen LogP contribution is -2.44. The molecule has 0 amide bonds. The number of fused-ring (bicyclic) bond motifs is 1. The largest absolute Gasteiger partial charge is 0.473 e. The van der Waals surface area contributed by atoms with Crippen molar-refractivity contribution in [2.24, 2.45) is 5.41 Å². The van der Waals surface area contributed by atoms with Gasteiger partial charge in [0.15, 0.2) is 0 Å². The van der Waals surface area contributed by atoms with Gasteiger partial charge in [0.05, 0.1) is 35.5 Å². The Morgan fingerprint density at radius 2 is 1.82 bits per heavy atom. The second-order valence-electron chi connectivity index (χ2n) is 9.61. The molecule has 0 unspecified atom stereocenters. The summed E-state index contributed by atoms with van der Waals surface area (Å²) in [5, 5.41) is 12.2. The van der Waals surface area contributed by atoms with Crippen LogP contribution in [0.3, 0.4) is 0 Å². The minimum absolute atomic E-state index is 0.197. The molecular formula is C25H25N7O. The van der Waals surface area contributed by atoms with Crippen molar-refractivity contribution in [2.75, 3.05) is 13.1 Å². The fourth-order valence-corrected chi connectivity index (χ4v) is 4.96. The predicted octanol–water partition coefficient (Wildman–Crippen LogP) is 3.88. The Morgan fingerprint density at radius 3 is 2.70 bits per heavy atom. The van der Waals surface area contributed by atoms with E-state index in [2.05, 4.69) is 37.6 Å². The zero-order chi connectivity index (χ0) is 21.8. The van der Waals surface area contributed by atoms with E-state index >= 15 is 0 Å². The van der Waals surface area contributed by atoms with Gasteiger partial charge >= 0.3 is 0 Å². The molecule has 8 heteroatoms. The minimum Gasteiger partial charge on any atom is -0.473 e. The number of rotatable bonds is 5. The van der Waals surface area contributed by atoms with Crippen LogP contribution in [0.15, 0.2) is 43.0 Å². The van der Waals surface area contributed by atoms with Gasteiger partial charge in [-0.1, -0.05) is 6.07 Å². The summed E-state index contributed by atoms with van der Waals surface area (Å²) in [6.45, 7) is 2.01. The molecule has 0 radical (unpaired) electrons. The molecule has 3 fully saturated rings. The Labute approximate surface area is 191 Å². The maximum atomic E-state index is 6.35. The van der Waals surface area contributed by atoms with Gasteiger partial charge in [-0.05, 0) is 50.8 Å². The highest BCUT2D eigenvalue weighted by molar-refractivity contribution is 5.94. The van der Waals surface area contributed by atoms with Gasteiger partial charge in [0.25, 0.3) is 0 Å². The van der Waals surface area contributed by atoms with Gasteiger partial charge < -0.3 is 10.1 Å². The van der Waals surface area contributed by atoms with E-state index in [1.54, 1.807) is 12.4 Å². The average molecular weight is 440 g/mol. The summed E-state index contributed by atoms with van der Waals surface area (Å²) >= 11 is 0. The fourth-order valence-electron chi connectivity index (χ4n) is 4.96. The number of ether oxygens (including phenoxy) is 1. The monoisotopic (exact) mass is 439 g/mol. The first-order valence-electron chi connectivity index (χ1n) is 11.8. The van der Waals surface area contributed by atoms with Crippen molar-refractivity contribution in [3.8, 4) is 28.5 Å². The van der Waals surface area contributed by atoms with Gasteiger partial charge in [-0.3, -0.25) is 15.1 Å². The third kappa shape index (κ3) is 3.45. The molecule has 0 bridgehead atoms. The summed E-state index contributed by atoms with van der Waals surface area (Å²) in [6.07, 6.45) is 13.2. The molecule has 2 saturated carbocycles. The van der Waals surface area contributed by atoms with Gasteiger partial charge in [-0.25, -0.2) is 9.97 Å². The Morgan fingerprint density at radius 1 is 0.939 bits per heavy atom. The van der Waals surface area contributed by atoms with E-state index < -0.39 is 0 Å². The highest BCUT2D eigenvalue weighted by Gasteiger charge is 2.52. The number of aromatic amines is 1. The van der Waals surface area contributed by atoms with Crippen LogP contribution >= 0.6 is 0 Å². The number of nitrogens with zero attached hydrogens (tertiary/aromatic N) is 5. The standard InChI is InChI=1S/C25H25N7O/c1-2-15(1)19-10-27-11-20(29-19)16-3-4-18-17(9-16)24(32-31-18)21-12-28-13-23(30-21)33-22-5-8-26-14-25(22)6-7-25/h3-4,9-13,15,22,26H,1-2,5-8,14H2,(H,31,32)/t22-/m1/s1. The lowest BCUT2D eigenvalue weighted by Gasteiger charge is -2.32. The molecule has 8 nitrogen and oxygen atoms in total. The van der Waals surface area contributed by atoms with Crippen LogP contribution in [0, 0.1) is 5.41 Å². The van der Waals surface area contributed by atoms with E-state index in [1.165, 1.54) is 25.7 Å². The molecule has 3 aromatic heterocycles. The zero-order valence-electron chi connectivity index (χ0n) is 18.3. The van der Waals surface area contributed by atoms with Crippen LogP contribution in [0.5, 0.6) is 5.88 Å². The minimum atomic E-state index is 0.197. The number of aromatic nitrogens is 6. The molecule has 2 N–H and O–H groups in total. The van der Waals surface area contributed by atoms with Crippen LogP contribution in [-0.4, -0.2) is 49.3 Å². The maximum Gasteiger partial charge on any atom is 0.233 e. The second kappa shape index (κ2) is 7.31. The summed E-state index contributed by atoms with van der Waals surface area (Å²) in [6, 6.07) is 6.20. The third-order valence-electron chi connectivity index (χ3n) is 7.26. The van der Waals surface area contributed by atoms with Crippen molar-refractivity contribution in [1.29, 1.82) is 0 Å². The second-order valence-corrected chi connectivity index (χ2v) is 9.61. The van der Waals surface area contributed by atoms with Crippen molar-refractivity contribution in [1.82, 2.24) is 35.5 Å². The summed E-state index contributed by atoms with van der Waals surface area (Å²) in [7, 11) is 0. The Kier molecular flexibility index (Phi) is 4.24. The van der Waals surface area contributed by atoms with Crippen LogP contribution in [0.4, 0.5) is 0 Å². The van der Waals surface area contributed by atoms with Crippen molar-refractivity contribution in [3.05, 3.63) is 48.7 Å². The molecule has 4 heterocycles. The third-order valence-corrected chi connectivity index (χ3v) is 7.26. The summed E-state index contributed by atoms with van der Waals surface area (Å²) < 4.78 is 6.35. The van der Waals surface area contributed by atoms with E-state index in [4.69, 9.17) is 14.7 Å². The molecule has 33 heavy (non-hydrogen) atoms. The molecular weight excluding hydrogens is 414 g/mol. The number of nitrogens with one attached hydrogen (secondary N) is 2. The molecule has 1 spiro atoms. The maximum absolute atomic E-state index is 6.35. The van der Waals surface area contributed by atoms with E-state index in [1.807, 2.05) is 18.5 Å². The first-order valence-corrected chi connectivity index (χ1v) is 11.8. The predicted molar refractivity (Wildman–Crippen MR) is 124 cm³/mol. The van der Waals surface area contributed by atoms with Gasteiger partial charge in [-0.2, -0.15) is 5.10 Å². The van der Waals surface area contributed by atoms with Crippen LogP contribution in [0.1, 0.15) is 43.7 Å². The molecule has 1 aromatic carbocycles. The van der Waals surface area contributed by atoms with Crippen LogP contribution < -0.4 is 10.1 Å². The molecule has 4 aromatic rings. The fraction of sp³-hybridized carbons (Fsp3) is 0.400. The highest BCUT2D eigenvalue weighted by atomic mass is 16.5. The Hall–Kier alpha value is -3.39. The van der Waals surface area contributed by atoms with Gasteiger partial charge in [0.2, 0.25) is 5.88 Å². The Balaban J connectivity index is 1.22. The number of H-pyrrole nitrogens is 1. The van der Waals surface area contributed by atoms with Crippen LogP contribution in [0.25, 0.3) is 33.5 Å².